The minimum atomic E-state index is -1.52. The number of amides is 1. The van der Waals surface area contributed by atoms with E-state index in [0.29, 0.717) is 63.0 Å². The van der Waals surface area contributed by atoms with E-state index in [9.17, 15) is 19.8 Å². The maximum absolute atomic E-state index is 14.4. The number of aliphatic hydroxyl groups is 2. The van der Waals surface area contributed by atoms with Crippen LogP contribution in [0.15, 0.2) is 54.7 Å². The number of likely N-dealkylation sites (N-methyl/N-ethyl adjacent to an activating group) is 1. The highest BCUT2D eigenvalue weighted by atomic mass is 16.6. The molecule has 6 aliphatic rings. The van der Waals surface area contributed by atoms with Gasteiger partial charge in [-0.1, -0.05) is 25.1 Å². The number of nitrogens with one attached hydrogen (secondary N) is 1. The van der Waals surface area contributed by atoms with Gasteiger partial charge in [0.05, 0.1) is 35.3 Å². The SMILES string of the molecule is CCN1C[C@]2(OC(=O)c3ccccc3NC(=O)/C=C/c3ccccn3)CC[C@H](OC)[C@]34C1[C@@H](C[C@H]23)[C@@]1(O)C[C@H](OC)C[C@H]2C[C@@H]4[C@]1(O)[C@H]2OC. The predicted octanol–water partition coefficient (Wildman–Crippen LogP) is 3.70. The van der Waals surface area contributed by atoms with Crippen LogP contribution in [0.25, 0.3) is 6.08 Å². The number of carbonyl (C=O) groups is 2. The molecule has 1 saturated heterocycles. The van der Waals surface area contributed by atoms with Crippen LogP contribution in [0.1, 0.15) is 61.5 Å². The van der Waals surface area contributed by atoms with Gasteiger partial charge >= 0.3 is 5.97 Å². The summed E-state index contributed by atoms with van der Waals surface area (Å²) in [6.45, 7) is 3.32. The molecule has 50 heavy (non-hydrogen) atoms. The van der Waals surface area contributed by atoms with Crippen molar-refractivity contribution < 1.29 is 38.7 Å². The molecule has 2 aromatic rings. The molecule has 1 aromatic carbocycles. The zero-order valence-corrected chi connectivity index (χ0v) is 29.3. The van der Waals surface area contributed by atoms with E-state index in [1.807, 2.05) is 6.07 Å². The summed E-state index contributed by atoms with van der Waals surface area (Å²) in [6, 6.07) is 12.3. The predicted molar refractivity (Wildman–Crippen MR) is 184 cm³/mol. The second-order valence-electron chi connectivity index (χ2n) is 15.5. The van der Waals surface area contributed by atoms with E-state index in [-0.39, 0.29) is 47.5 Å². The van der Waals surface area contributed by atoms with Gasteiger partial charge in [0.25, 0.3) is 0 Å². The fourth-order valence-electron chi connectivity index (χ4n) is 12.4. The molecule has 2 heterocycles. The Bertz CT molecular complexity index is 1670. The molecular weight excluding hydrogens is 638 g/mol. The second-order valence-corrected chi connectivity index (χ2v) is 15.5. The van der Waals surface area contributed by atoms with E-state index in [0.717, 1.165) is 0 Å². The number of piperidine rings is 1. The Labute approximate surface area is 293 Å². The molecule has 6 fully saturated rings. The number of carbonyl (C=O) groups excluding carboxylic acids is 2. The monoisotopic (exact) mass is 687 g/mol. The van der Waals surface area contributed by atoms with E-state index in [2.05, 4.69) is 22.1 Å². The Balaban J connectivity index is 1.18. The van der Waals surface area contributed by atoms with E-state index in [1.165, 1.54) is 6.08 Å². The molecule has 5 aliphatic carbocycles. The Morgan fingerprint density at radius 2 is 1.82 bits per heavy atom. The lowest BCUT2D eigenvalue weighted by molar-refractivity contribution is -0.328. The van der Waals surface area contributed by atoms with Crippen LogP contribution in [0, 0.1) is 29.1 Å². The number of benzene rings is 1. The molecule has 8 rings (SSSR count). The summed E-state index contributed by atoms with van der Waals surface area (Å²) in [6.07, 6.45) is 7.22. The van der Waals surface area contributed by atoms with E-state index >= 15 is 0 Å². The maximum Gasteiger partial charge on any atom is 0.340 e. The van der Waals surface area contributed by atoms with Gasteiger partial charge in [0.15, 0.2) is 0 Å². The normalized spacial score (nSPS) is 42.7. The van der Waals surface area contributed by atoms with Crippen molar-refractivity contribution in [3.63, 3.8) is 0 Å². The fourth-order valence-corrected chi connectivity index (χ4v) is 12.4. The number of methoxy groups -OCH3 is 3. The summed E-state index contributed by atoms with van der Waals surface area (Å²) >= 11 is 0. The molecule has 3 N–H and O–H groups in total. The number of likely N-dealkylation sites (tertiary alicyclic amines) is 1. The minimum Gasteiger partial charge on any atom is -0.454 e. The molecular formula is C39H49N3O8. The lowest BCUT2D eigenvalue weighted by Crippen LogP contribution is -2.82. The summed E-state index contributed by atoms with van der Waals surface area (Å²) in [5, 5.41) is 29.1. The number of esters is 1. The molecule has 1 spiro atoms. The Morgan fingerprint density at radius 1 is 1.02 bits per heavy atom. The summed E-state index contributed by atoms with van der Waals surface area (Å²) in [4.78, 5) is 34.0. The van der Waals surface area contributed by atoms with Crippen molar-refractivity contribution in [1.82, 2.24) is 9.88 Å². The van der Waals surface area contributed by atoms with E-state index in [1.54, 1.807) is 70.0 Å². The van der Waals surface area contributed by atoms with Crippen molar-refractivity contribution in [2.24, 2.45) is 29.1 Å². The lowest BCUT2D eigenvalue weighted by Gasteiger charge is -2.70. The molecule has 1 aromatic heterocycles. The maximum atomic E-state index is 14.4. The number of hydrogen-bond acceptors (Lipinski definition) is 10. The number of anilines is 1. The summed E-state index contributed by atoms with van der Waals surface area (Å²) in [5.41, 5.74) is -3.19. The molecule has 1 unspecified atom stereocenters. The number of ether oxygens (including phenoxy) is 4. The molecule has 11 nitrogen and oxygen atoms in total. The van der Waals surface area contributed by atoms with Gasteiger partial charge in [-0.15, -0.1) is 0 Å². The van der Waals surface area contributed by atoms with Crippen LogP contribution in [0.5, 0.6) is 0 Å². The first-order valence-electron chi connectivity index (χ1n) is 18.1. The molecule has 268 valence electrons. The van der Waals surface area contributed by atoms with Gasteiger partial charge in [-0.05, 0) is 74.9 Å². The number of fused-ring (bicyclic) bond motifs is 2. The molecule has 5 saturated carbocycles. The van der Waals surface area contributed by atoms with Crippen LogP contribution < -0.4 is 5.32 Å². The fraction of sp³-hybridized carbons (Fsp3) is 0.615. The van der Waals surface area contributed by atoms with E-state index in [4.69, 9.17) is 18.9 Å². The summed E-state index contributed by atoms with van der Waals surface area (Å²) < 4.78 is 25.3. The van der Waals surface area contributed by atoms with Gasteiger partial charge < -0.3 is 34.5 Å². The Morgan fingerprint density at radius 3 is 2.54 bits per heavy atom. The van der Waals surface area contributed by atoms with Crippen molar-refractivity contribution >= 4 is 23.6 Å². The standard InChI is InChI=1S/C39H49N3O8/c1-5-42-22-36(50-35(44)26-11-6-7-12-28(26)41-32(43)14-13-24-10-8-9-17-40-24)16-15-31(48-3)38-29(36)20-27(33(38)42)37(45)21-25(47-2)18-23-19-30(38)39(37,46)34(23)49-4/h6-14,17,23,25,27,29-31,33-34,45-46H,5,15-16,18-22H2,1-4H3,(H,41,43)/b14-13+/t23-,25+,27+,29+,30-,31-,33?,34-,36+,37-,38-,39-/m0/s1. The third-order valence-corrected chi connectivity index (χ3v) is 13.9. The molecule has 12 atom stereocenters. The average molecular weight is 688 g/mol. The largest absolute Gasteiger partial charge is 0.454 e. The molecule has 11 heteroatoms. The summed E-state index contributed by atoms with van der Waals surface area (Å²) in [7, 11) is 5.08. The molecule has 0 radical (unpaired) electrons. The van der Waals surface area contributed by atoms with Crippen LogP contribution in [-0.2, 0) is 23.7 Å². The van der Waals surface area contributed by atoms with E-state index < -0.39 is 40.2 Å². The first-order chi connectivity index (χ1) is 24.1. The van der Waals surface area contributed by atoms with Crippen molar-refractivity contribution in [1.29, 1.82) is 0 Å². The number of para-hydroxylation sites is 1. The van der Waals surface area contributed by atoms with Gasteiger partial charge in [0.1, 0.15) is 16.8 Å². The lowest BCUT2D eigenvalue weighted by atomic mass is 9.43. The zero-order chi connectivity index (χ0) is 35.1. The van der Waals surface area contributed by atoms with Crippen molar-refractivity contribution in [3.05, 3.63) is 66.0 Å². The van der Waals surface area contributed by atoms with Crippen LogP contribution in [-0.4, -0.2) is 108 Å². The van der Waals surface area contributed by atoms with Gasteiger partial charge in [0, 0.05) is 75.8 Å². The quantitative estimate of drug-likeness (QED) is 0.264. The minimum absolute atomic E-state index is 0.00269. The highest BCUT2D eigenvalue weighted by molar-refractivity contribution is 6.06. The Kier molecular flexibility index (Phi) is 8.28. The smallest absolute Gasteiger partial charge is 0.340 e. The number of hydrogen-bond donors (Lipinski definition) is 3. The highest BCUT2D eigenvalue weighted by Gasteiger charge is 2.88. The number of pyridine rings is 1. The average Bonchev–Trinajstić information content (AvgIpc) is 3.52. The molecule has 1 amide bonds. The van der Waals surface area contributed by atoms with Gasteiger partial charge in [0.2, 0.25) is 5.91 Å². The topological polar surface area (TPSA) is 140 Å². The van der Waals surface area contributed by atoms with Gasteiger partial charge in [-0.3, -0.25) is 14.7 Å². The number of nitrogens with zero attached hydrogens (tertiary/aromatic N) is 2. The molecule has 1 aliphatic heterocycles. The van der Waals surface area contributed by atoms with Gasteiger partial charge in [-0.2, -0.15) is 0 Å². The zero-order valence-electron chi connectivity index (χ0n) is 29.3. The summed E-state index contributed by atoms with van der Waals surface area (Å²) in [5.74, 6) is -1.72. The van der Waals surface area contributed by atoms with Crippen molar-refractivity contribution in [2.45, 2.75) is 86.6 Å². The third kappa shape index (κ3) is 4.46. The Hall–Kier alpha value is -3.19. The van der Waals surface area contributed by atoms with Crippen LogP contribution in [0.3, 0.4) is 0 Å². The number of rotatable bonds is 9. The van der Waals surface area contributed by atoms with Crippen LogP contribution in [0.4, 0.5) is 5.69 Å². The third-order valence-electron chi connectivity index (χ3n) is 13.9. The second kappa shape index (κ2) is 12.2. The van der Waals surface area contributed by atoms with Crippen LogP contribution in [0.2, 0.25) is 0 Å². The first kappa shape index (κ1) is 33.9. The first-order valence-corrected chi connectivity index (χ1v) is 18.1. The van der Waals surface area contributed by atoms with Gasteiger partial charge in [-0.25, -0.2) is 4.79 Å². The van der Waals surface area contributed by atoms with Crippen molar-refractivity contribution in [3.8, 4) is 0 Å². The van der Waals surface area contributed by atoms with Crippen molar-refractivity contribution in [2.75, 3.05) is 39.7 Å². The van der Waals surface area contributed by atoms with Crippen LogP contribution >= 0.6 is 0 Å². The number of aromatic nitrogens is 1. The highest BCUT2D eigenvalue weighted by Crippen LogP contribution is 2.78. The molecule has 7 bridgehead atoms.